The Morgan fingerprint density at radius 2 is 2.05 bits per heavy atom. The number of nitrogens with zero attached hydrogens (tertiary/aromatic N) is 2. The minimum Gasteiger partial charge on any atom is -0.379 e. The van der Waals surface area contributed by atoms with E-state index in [-0.39, 0.29) is 0 Å². The fraction of sp³-hybridized carbons (Fsp3) is 0.588. The van der Waals surface area contributed by atoms with Crippen LogP contribution in [0.25, 0.3) is 0 Å². The Kier molecular flexibility index (Phi) is 5.37. The molecule has 118 valence electrons. The van der Waals surface area contributed by atoms with Crippen LogP contribution < -0.4 is 5.32 Å². The quantitative estimate of drug-likeness (QED) is 0.898. The van der Waals surface area contributed by atoms with Crippen molar-refractivity contribution < 1.29 is 4.74 Å². The molecule has 0 bridgehead atoms. The van der Waals surface area contributed by atoms with Gasteiger partial charge in [-0.25, -0.2) is 0 Å². The summed E-state index contributed by atoms with van der Waals surface area (Å²) < 4.78 is 5.50. The van der Waals surface area contributed by atoms with Crippen molar-refractivity contribution in [2.24, 2.45) is 0 Å². The van der Waals surface area contributed by atoms with E-state index in [1.165, 1.54) is 23.5 Å². The molecule has 1 aromatic rings. The molecule has 0 saturated carbocycles. The van der Waals surface area contributed by atoms with E-state index in [0.717, 1.165) is 45.0 Å². The average Bonchev–Trinajstić information content (AvgIpc) is 3.06. The van der Waals surface area contributed by atoms with Gasteiger partial charge in [-0.3, -0.25) is 4.90 Å². The Morgan fingerprint density at radius 1 is 1.27 bits per heavy atom. The Bertz CT molecular complexity index is 514. The number of thioether (sulfide) groups is 1. The molecule has 2 fully saturated rings. The molecule has 22 heavy (non-hydrogen) atoms. The van der Waals surface area contributed by atoms with Crippen LogP contribution in [0.3, 0.4) is 0 Å². The Hall–Kier alpha value is -1.06. The first-order chi connectivity index (χ1) is 10.8. The molecule has 1 N–H and O–H groups in total. The molecule has 5 heteroatoms. The van der Waals surface area contributed by atoms with Crippen molar-refractivity contribution in [3.8, 4) is 6.07 Å². The number of nitriles is 1. The van der Waals surface area contributed by atoms with E-state index in [9.17, 15) is 0 Å². The maximum atomic E-state index is 8.84. The zero-order chi connectivity index (χ0) is 15.3. The lowest BCUT2D eigenvalue weighted by molar-refractivity contribution is -0.0134. The van der Waals surface area contributed by atoms with E-state index in [2.05, 4.69) is 28.0 Å². The van der Waals surface area contributed by atoms with Gasteiger partial charge >= 0.3 is 0 Å². The fourth-order valence-electron chi connectivity index (χ4n) is 3.27. The highest BCUT2D eigenvalue weighted by molar-refractivity contribution is 7.99. The second-order valence-electron chi connectivity index (χ2n) is 6.04. The van der Waals surface area contributed by atoms with Crippen LogP contribution in [-0.2, 0) is 11.3 Å². The molecule has 0 spiro atoms. The van der Waals surface area contributed by atoms with Gasteiger partial charge in [0.05, 0.1) is 24.8 Å². The average molecular weight is 317 g/mol. The maximum Gasteiger partial charge on any atom is 0.0991 e. The molecule has 1 aromatic carbocycles. The van der Waals surface area contributed by atoms with Crippen LogP contribution in [0.2, 0.25) is 0 Å². The first-order valence-corrected chi connectivity index (χ1v) is 9.08. The van der Waals surface area contributed by atoms with Gasteiger partial charge in [0, 0.05) is 37.5 Å². The first kappa shape index (κ1) is 15.8. The Morgan fingerprint density at radius 3 is 2.68 bits per heavy atom. The molecular formula is C17H23N3OS. The van der Waals surface area contributed by atoms with Gasteiger partial charge in [0.2, 0.25) is 0 Å². The van der Waals surface area contributed by atoms with E-state index in [0.29, 0.717) is 5.54 Å². The van der Waals surface area contributed by atoms with Gasteiger partial charge in [-0.15, -0.1) is 0 Å². The highest BCUT2D eigenvalue weighted by Gasteiger charge is 2.40. The normalized spacial score (nSPS) is 26.0. The lowest BCUT2D eigenvalue weighted by atomic mass is 9.95. The minimum atomic E-state index is 0.293. The third-order valence-electron chi connectivity index (χ3n) is 4.63. The number of nitrogens with one attached hydrogen (secondary N) is 1. The van der Waals surface area contributed by atoms with E-state index in [1.54, 1.807) is 0 Å². The molecule has 0 aliphatic carbocycles. The summed E-state index contributed by atoms with van der Waals surface area (Å²) in [5.74, 6) is 2.48. The van der Waals surface area contributed by atoms with Gasteiger partial charge in [0.1, 0.15) is 0 Å². The summed E-state index contributed by atoms with van der Waals surface area (Å²) in [4.78, 5) is 2.63. The molecular weight excluding hydrogens is 294 g/mol. The predicted molar refractivity (Wildman–Crippen MR) is 89.9 cm³/mol. The highest BCUT2D eigenvalue weighted by Crippen LogP contribution is 2.33. The minimum absolute atomic E-state index is 0.293. The Balaban J connectivity index is 1.56. The van der Waals surface area contributed by atoms with Gasteiger partial charge in [-0.05, 0) is 29.9 Å². The number of morpholine rings is 1. The molecule has 0 amide bonds. The third kappa shape index (κ3) is 3.64. The molecule has 0 aromatic heterocycles. The van der Waals surface area contributed by atoms with Crippen LogP contribution in [0, 0.1) is 11.3 Å². The van der Waals surface area contributed by atoms with Crippen molar-refractivity contribution >= 4 is 11.8 Å². The smallest absolute Gasteiger partial charge is 0.0991 e. The molecule has 1 atom stereocenters. The number of rotatable bonds is 5. The highest BCUT2D eigenvalue weighted by atomic mass is 32.2. The molecule has 2 heterocycles. The standard InChI is InChI=1S/C17H23N3OS/c18-11-15-1-3-16(4-2-15)12-19-13-17(5-10-22-14-17)20-6-8-21-9-7-20/h1-4,19H,5-10,12-14H2/t17-/m0/s1. The van der Waals surface area contributed by atoms with Crippen LogP contribution in [0.15, 0.2) is 24.3 Å². The van der Waals surface area contributed by atoms with Crippen LogP contribution in [0.4, 0.5) is 0 Å². The van der Waals surface area contributed by atoms with Crippen LogP contribution >= 0.6 is 11.8 Å². The molecule has 0 radical (unpaired) electrons. The summed E-state index contributed by atoms with van der Waals surface area (Å²) in [5, 5.41) is 12.5. The number of ether oxygens (including phenoxy) is 1. The lowest BCUT2D eigenvalue weighted by Crippen LogP contribution is -2.58. The van der Waals surface area contributed by atoms with Crippen LogP contribution in [0.5, 0.6) is 0 Å². The second kappa shape index (κ2) is 7.47. The zero-order valence-corrected chi connectivity index (χ0v) is 13.7. The monoisotopic (exact) mass is 317 g/mol. The third-order valence-corrected chi connectivity index (χ3v) is 5.86. The molecule has 4 nitrogen and oxygen atoms in total. The van der Waals surface area contributed by atoms with Crippen molar-refractivity contribution in [3.63, 3.8) is 0 Å². The predicted octanol–water partition coefficient (Wildman–Crippen LogP) is 1.86. The van der Waals surface area contributed by atoms with Crippen molar-refractivity contribution in [1.82, 2.24) is 10.2 Å². The summed E-state index contributed by atoms with van der Waals surface area (Å²) in [6.45, 7) is 5.73. The molecule has 0 unspecified atom stereocenters. The van der Waals surface area contributed by atoms with Crippen LogP contribution in [-0.4, -0.2) is 54.8 Å². The number of hydrogen-bond acceptors (Lipinski definition) is 5. The van der Waals surface area contributed by atoms with E-state index in [1.807, 2.05) is 24.3 Å². The van der Waals surface area contributed by atoms with E-state index >= 15 is 0 Å². The molecule has 2 aliphatic heterocycles. The summed E-state index contributed by atoms with van der Waals surface area (Å²) in [6.07, 6.45) is 1.26. The topological polar surface area (TPSA) is 48.3 Å². The van der Waals surface area contributed by atoms with Gasteiger partial charge in [-0.1, -0.05) is 12.1 Å². The van der Waals surface area contributed by atoms with E-state index in [4.69, 9.17) is 10.00 Å². The number of hydrogen-bond donors (Lipinski definition) is 1. The SMILES string of the molecule is N#Cc1ccc(CNC[C@@]2(N3CCOCC3)CCSC2)cc1. The Labute approximate surface area is 136 Å². The van der Waals surface area contributed by atoms with Gasteiger partial charge < -0.3 is 10.1 Å². The van der Waals surface area contributed by atoms with E-state index < -0.39 is 0 Å². The lowest BCUT2D eigenvalue weighted by Gasteiger charge is -2.43. The summed E-state index contributed by atoms with van der Waals surface area (Å²) in [6, 6.07) is 10.0. The van der Waals surface area contributed by atoms with Crippen molar-refractivity contribution in [1.29, 1.82) is 5.26 Å². The van der Waals surface area contributed by atoms with Crippen LogP contribution in [0.1, 0.15) is 17.5 Å². The summed E-state index contributed by atoms with van der Waals surface area (Å²) >= 11 is 2.07. The molecule has 2 saturated heterocycles. The van der Waals surface area contributed by atoms with Crippen molar-refractivity contribution in [2.45, 2.75) is 18.5 Å². The molecule has 3 rings (SSSR count). The van der Waals surface area contributed by atoms with Gasteiger partial charge in [-0.2, -0.15) is 17.0 Å². The van der Waals surface area contributed by atoms with Gasteiger partial charge in [0.15, 0.2) is 0 Å². The first-order valence-electron chi connectivity index (χ1n) is 7.93. The maximum absolute atomic E-state index is 8.84. The summed E-state index contributed by atoms with van der Waals surface area (Å²) in [7, 11) is 0. The van der Waals surface area contributed by atoms with Crippen molar-refractivity contribution in [3.05, 3.63) is 35.4 Å². The zero-order valence-electron chi connectivity index (χ0n) is 12.9. The number of benzene rings is 1. The summed E-state index contributed by atoms with van der Waals surface area (Å²) in [5.41, 5.74) is 2.25. The second-order valence-corrected chi connectivity index (χ2v) is 7.14. The van der Waals surface area contributed by atoms with Gasteiger partial charge in [0.25, 0.3) is 0 Å². The fourth-order valence-corrected chi connectivity index (χ4v) is 4.75. The van der Waals surface area contributed by atoms with Crippen molar-refractivity contribution in [2.75, 3.05) is 44.4 Å². The molecule has 2 aliphatic rings. The largest absolute Gasteiger partial charge is 0.379 e.